The van der Waals surface area contributed by atoms with Crippen molar-refractivity contribution in [1.82, 2.24) is 10.2 Å². The van der Waals surface area contributed by atoms with Gasteiger partial charge in [0, 0.05) is 20.6 Å². The normalized spacial score (nSPS) is 13.8. The summed E-state index contributed by atoms with van der Waals surface area (Å²) in [6.07, 6.45) is 6.70. The number of Topliss-reactive ketones (excluding diaryl/α,β-unsaturated/α-hetero) is 1. The zero-order chi connectivity index (χ0) is 25.1. The first kappa shape index (κ1) is 26.8. The summed E-state index contributed by atoms with van der Waals surface area (Å²) in [6.45, 7) is 4.39. The van der Waals surface area contributed by atoms with E-state index in [-0.39, 0.29) is 34.0 Å². The molecule has 172 valence electrons. The van der Waals surface area contributed by atoms with Crippen LogP contribution in [0, 0.1) is 24.2 Å². The summed E-state index contributed by atoms with van der Waals surface area (Å²) in [4.78, 5) is 25.7. The van der Waals surface area contributed by atoms with Gasteiger partial charge in [-0.1, -0.05) is 44.2 Å². The van der Waals surface area contributed by atoms with Crippen molar-refractivity contribution >= 4 is 17.4 Å². The molecule has 1 aliphatic carbocycles. The molecule has 0 aliphatic heterocycles. The van der Waals surface area contributed by atoms with Crippen molar-refractivity contribution in [1.29, 1.82) is 5.26 Å². The molecule has 0 bridgehead atoms. The van der Waals surface area contributed by atoms with Crippen LogP contribution in [0.3, 0.4) is 0 Å². The average Bonchev–Trinajstić information content (AvgIpc) is 2.86. The third-order valence-electron chi connectivity index (χ3n) is 4.50. The van der Waals surface area contributed by atoms with Gasteiger partial charge in [-0.25, -0.2) is 0 Å². The molecule has 33 heavy (non-hydrogen) atoms. The number of aliphatic hydroxyl groups is 1. The van der Waals surface area contributed by atoms with Gasteiger partial charge in [0.1, 0.15) is 5.70 Å². The van der Waals surface area contributed by atoms with Gasteiger partial charge >= 0.3 is 0 Å². The lowest BCUT2D eigenvalue weighted by Crippen LogP contribution is -2.45. The van der Waals surface area contributed by atoms with E-state index < -0.39 is 17.8 Å². The van der Waals surface area contributed by atoms with Gasteiger partial charge in [0.25, 0.3) is 5.91 Å². The van der Waals surface area contributed by atoms with E-state index in [1.54, 1.807) is 0 Å². The SMILES string of the molecule is C#C.CC.CN(C)C(=O)c1cc(C#N)cc(NC2=C(NCc3ccccc3)C(O)C2=O)c1O. The lowest BCUT2D eigenvalue weighted by molar-refractivity contribution is -0.124. The number of phenols is 1. The maximum atomic E-state index is 12.3. The minimum Gasteiger partial charge on any atom is -0.505 e. The number of hydrogen-bond donors (Lipinski definition) is 4. The highest BCUT2D eigenvalue weighted by Gasteiger charge is 2.38. The standard InChI is InChI=1S/C21H20N4O4.C2H6.C2H2/c1-25(2)21(29)14-8-13(10-22)9-15(18(14)26)24-17-16(19(27)20(17)28)23-11-12-6-4-3-5-7-12;2*1-2/h3-9,19,23-24,26-27H,11H2,1-2H3;1-2H3;1-2H. The monoisotopic (exact) mass is 448 g/mol. The summed E-state index contributed by atoms with van der Waals surface area (Å²) in [6, 6.07) is 14.0. The Morgan fingerprint density at radius 3 is 2.33 bits per heavy atom. The lowest BCUT2D eigenvalue weighted by atomic mass is 9.94. The van der Waals surface area contributed by atoms with Gasteiger partial charge in [0.2, 0.25) is 5.78 Å². The van der Waals surface area contributed by atoms with Gasteiger partial charge in [-0.05, 0) is 17.7 Å². The van der Waals surface area contributed by atoms with Crippen molar-refractivity contribution in [2.24, 2.45) is 0 Å². The first-order valence-electron chi connectivity index (χ1n) is 10.2. The number of nitrogens with zero attached hydrogens (tertiary/aromatic N) is 2. The number of carbonyl (C=O) groups excluding carboxylic acids is 2. The van der Waals surface area contributed by atoms with Gasteiger partial charge < -0.3 is 25.7 Å². The van der Waals surface area contributed by atoms with Crippen molar-refractivity contribution in [2.75, 3.05) is 19.4 Å². The third kappa shape index (κ3) is 6.13. The molecule has 1 amide bonds. The second-order valence-corrected chi connectivity index (χ2v) is 6.75. The van der Waals surface area contributed by atoms with E-state index in [1.165, 1.54) is 31.1 Å². The highest BCUT2D eigenvalue weighted by Crippen LogP contribution is 2.34. The maximum absolute atomic E-state index is 12.3. The maximum Gasteiger partial charge on any atom is 0.257 e. The number of nitrogens with one attached hydrogen (secondary N) is 2. The number of rotatable bonds is 6. The van der Waals surface area contributed by atoms with E-state index in [4.69, 9.17) is 0 Å². The van der Waals surface area contributed by atoms with E-state index in [1.807, 2.05) is 50.2 Å². The molecule has 8 heteroatoms. The van der Waals surface area contributed by atoms with Crippen molar-refractivity contribution in [2.45, 2.75) is 26.5 Å². The van der Waals surface area contributed by atoms with E-state index in [9.17, 15) is 25.1 Å². The molecule has 2 aromatic carbocycles. The summed E-state index contributed by atoms with van der Waals surface area (Å²) in [7, 11) is 3.04. The fourth-order valence-electron chi connectivity index (χ4n) is 2.90. The van der Waals surface area contributed by atoms with Gasteiger partial charge in [-0.3, -0.25) is 9.59 Å². The second-order valence-electron chi connectivity index (χ2n) is 6.75. The van der Waals surface area contributed by atoms with Crippen LogP contribution in [-0.4, -0.2) is 47.0 Å². The predicted octanol–water partition coefficient (Wildman–Crippen LogP) is 2.60. The van der Waals surface area contributed by atoms with Crippen LogP contribution in [0.25, 0.3) is 0 Å². The molecule has 1 unspecified atom stereocenters. The third-order valence-corrected chi connectivity index (χ3v) is 4.50. The van der Waals surface area contributed by atoms with Crippen molar-refractivity contribution in [3.63, 3.8) is 0 Å². The Labute approximate surface area is 194 Å². The number of ketones is 1. The quantitative estimate of drug-likeness (QED) is 0.395. The topological polar surface area (TPSA) is 126 Å². The highest BCUT2D eigenvalue weighted by molar-refractivity contribution is 6.11. The molecule has 0 aromatic heterocycles. The van der Waals surface area contributed by atoms with Crippen LogP contribution >= 0.6 is 0 Å². The van der Waals surface area contributed by atoms with Crippen LogP contribution < -0.4 is 10.6 Å². The van der Waals surface area contributed by atoms with Crippen LogP contribution in [0.2, 0.25) is 0 Å². The van der Waals surface area contributed by atoms with Gasteiger partial charge in [0.05, 0.1) is 28.6 Å². The molecule has 0 fully saturated rings. The van der Waals surface area contributed by atoms with Gasteiger partial charge in [-0.2, -0.15) is 5.26 Å². The lowest BCUT2D eigenvalue weighted by Gasteiger charge is -2.30. The molecule has 3 rings (SSSR count). The molecule has 0 saturated heterocycles. The Balaban J connectivity index is 0.00000129. The molecule has 8 nitrogen and oxygen atoms in total. The summed E-state index contributed by atoms with van der Waals surface area (Å²) >= 11 is 0. The summed E-state index contributed by atoms with van der Waals surface area (Å²) in [5, 5.41) is 35.5. The number of carbonyl (C=O) groups is 2. The molecule has 2 aromatic rings. The fraction of sp³-hybridized carbons (Fsp3) is 0.240. The number of aromatic hydroxyl groups is 1. The highest BCUT2D eigenvalue weighted by atomic mass is 16.3. The minimum absolute atomic E-state index is 0.0310. The molecule has 1 atom stereocenters. The van der Waals surface area contributed by atoms with E-state index >= 15 is 0 Å². The van der Waals surface area contributed by atoms with E-state index in [0.29, 0.717) is 6.54 Å². The number of anilines is 1. The Kier molecular flexibility index (Phi) is 10.2. The van der Waals surface area contributed by atoms with Gasteiger partial charge in [-0.15, -0.1) is 12.8 Å². The zero-order valence-corrected chi connectivity index (χ0v) is 19.1. The summed E-state index contributed by atoms with van der Waals surface area (Å²) in [5.74, 6) is -1.42. The van der Waals surface area contributed by atoms with Crippen molar-refractivity contribution in [3.05, 3.63) is 70.5 Å². The molecule has 0 spiro atoms. The summed E-state index contributed by atoms with van der Waals surface area (Å²) < 4.78 is 0. The zero-order valence-electron chi connectivity index (χ0n) is 19.1. The first-order valence-corrected chi connectivity index (χ1v) is 10.2. The molecule has 1 aliphatic rings. The molecule has 0 saturated carbocycles. The summed E-state index contributed by atoms with van der Waals surface area (Å²) in [5.41, 5.74) is 1.41. The predicted molar refractivity (Wildman–Crippen MR) is 127 cm³/mol. The molecule has 4 N–H and O–H groups in total. The smallest absolute Gasteiger partial charge is 0.257 e. The van der Waals surface area contributed by atoms with Crippen molar-refractivity contribution < 1.29 is 19.8 Å². The Bertz CT molecular complexity index is 1080. The fourth-order valence-corrected chi connectivity index (χ4v) is 2.90. The largest absolute Gasteiger partial charge is 0.505 e. The number of amides is 1. The first-order chi connectivity index (χ1) is 15.8. The number of nitriles is 1. The Morgan fingerprint density at radius 2 is 1.79 bits per heavy atom. The molecule has 0 radical (unpaired) electrons. The van der Waals surface area contributed by atoms with E-state index in [2.05, 4.69) is 23.5 Å². The second kappa shape index (κ2) is 12.6. The Morgan fingerprint density at radius 1 is 1.18 bits per heavy atom. The minimum atomic E-state index is -1.30. The molecular weight excluding hydrogens is 420 g/mol. The number of aliphatic hydroxyl groups excluding tert-OH is 1. The van der Waals surface area contributed by atoms with Gasteiger partial charge in [0.15, 0.2) is 11.9 Å². The van der Waals surface area contributed by atoms with Crippen LogP contribution in [0.5, 0.6) is 5.75 Å². The van der Waals surface area contributed by atoms with Crippen LogP contribution in [-0.2, 0) is 11.3 Å². The number of benzene rings is 2. The number of phenolic OH excluding ortho intramolecular Hbond substituents is 1. The van der Waals surface area contributed by atoms with Crippen LogP contribution in [0.1, 0.15) is 35.3 Å². The number of terminal acetylenes is 1. The molecular formula is C25H28N4O4. The van der Waals surface area contributed by atoms with Crippen LogP contribution in [0.15, 0.2) is 53.9 Å². The molecule has 0 heterocycles. The average molecular weight is 449 g/mol. The Hall–Kier alpha value is -4.27. The van der Waals surface area contributed by atoms with Crippen molar-refractivity contribution in [3.8, 4) is 24.7 Å². The van der Waals surface area contributed by atoms with Crippen LogP contribution in [0.4, 0.5) is 5.69 Å². The van der Waals surface area contributed by atoms with E-state index in [0.717, 1.165) is 5.56 Å². The number of hydrogen-bond acceptors (Lipinski definition) is 7.